The highest BCUT2D eigenvalue weighted by molar-refractivity contribution is 6.03. The monoisotopic (exact) mass is 325 g/mol. The van der Waals surface area contributed by atoms with Crippen LogP contribution in [0.2, 0.25) is 0 Å². The average molecular weight is 325 g/mol. The lowest BCUT2D eigenvalue weighted by atomic mass is 10.2. The molecule has 2 aromatic heterocycles. The first-order valence-electron chi connectivity index (χ1n) is 7.32. The zero-order valence-corrected chi connectivity index (χ0v) is 13.1. The van der Waals surface area contributed by atoms with Crippen molar-refractivity contribution in [3.63, 3.8) is 0 Å². The normalized spacial score (nSPS) is 11.9. The van der Waals surface area contributed by atoms with Crippen molar-refractivity contribution < 1.29 is 18.7 Å². The van der Waals surface area contributed by atoms with Crippen LogP contribution in [0.3, 0.4) is 0 Å². The standard InChI is InChI=1S/C17H15N3O4/c1-10-5-3-8-14(19-10)20-16(21)11(2)24-17(22)12-6-4-7-13-15(12)18-9-23-13/h3-9,11H,1-2H3,(H,19,20,21). The molecule has 1 amide bonds. The molecule has 0 bridgehead atoms. The van der Waals surface area contributed by atoms with Crippen LogP contribution in [-0.4, -0.2) is 27.9 Å². The molecule has 0 spiro atoms. The molecule has 0 saturated carbocycles. The summed E-state index contributed by atoms with van der Waals surface area (Å²) < 4.78 is 10.4. The molecule has 122 valence electrons. The van der Waals surface area contributed by atoms with Crippen molar-refractivity contribution in [2.24, 2.45) is 0 Å². The fourth-order valence-corrected chi connectivity index (χ4v) is 2.17. The maximum absolute atomic E-state index is 12.3. The van der Waals surface area contributed by atoms with Gasteiger partial charge in [0, 0.05) is 5.69 Å². The van der Waals surface area contributed by atoms with Crippen molar-refractivity contribution in [2.75, 3.05) is 5.32 Å². The third-order valence-corrected chi connectivity index (χ3v) is 3.37. The first-order valence-corrected chi connectivity index (χ1v) is 7.32. The van der Waals surface area contributed by atoms with E-state index in [0.29, 0.717) is 16.9 Å². The van der Waals surface area contributed by atoms with Gasteiger partial charge in [-0.05, 0) is 38.1 Å². The highest BCUT2D eigenvalue weighted by Crippen LogP contribution is 2.18. The van der Waals surface area contributed by atoms with Crippen LogP contribution in [0, 0.1) is 6.92 Å². The van der Waals surface area contributed by atoms with Gasteiger partial charge in [-0.1, -0.05) is 12.1 Å². The number of anilines is 1. The number of aryl methyl sites for hydroxylation is 1. The Kier molecular flexibility index (Phi) is 4.24. The SMILES string of the molecule is Cc1cccc(NC(=O)C(C)OC(=O)c2cccc3ocnc23)n1. The summed E-state index contributed by atoms with van der Waals surface area (Å²) in [5.74, 6) is -0.704. The zero-order chi connectivity index (χ0) is 17.1. The number of benzene rings is 1. The van der Waals surface area contributed by atoms with E-state index in [9.17, 15) is 9.59 Å². The van der Waals surface area contributed by atoms with E-state index in [2.05, 4.69) is 15.3 Å². The number of nitrogens with zero attached hydrogens (tertiary/aromatic N) is 2. The van der Waals surface area contributed by atoms with Crippen molar-refractivity contribution in [1.29, 1.82) is 0 Å². The number of fused-ring (bicyclic) bond motifs is 1. The number of esters is 1. The van der Waals surface area contributed by atoms with Gasteiger partial charge < -0.3 is 14.5 Å². The minimum absolute atomic E-state index is 0.245. The Hall–Kier alpha value is -3.22. The number of aromatic nitrogens is 2. The van der Waals surface area contributed by atoms with Gasteiger partial charge in [0.1, 0.15) is 11.3 Å². The van der Waals surface area contributed by atoms with Crippen LogP contribution in [0.4, 0.5) is 5.82 Å². The number of amides is 1. The molecule has 0 saturated heterocycles. The van der Waals surface area contributed by atoms with Gasteiger partial charge in [-0.25, -0.2) is 14.8 Å². The molecule has 0 fully saturated rings. The number of hydrogen-bond donors (Lipinski definition) is 1. The molecule has 7 heteroatoms. The van der Waals surface area contributed by atoms with Gasteiger partial charge in [-0.2, -0.15) is 0 Å². The number of carbonyl (C=O) groups excluding carboxylic acids is 2. The molecule has 0 aliphatic rings. The Morgan fingerprint density at radius 3 is 2.79 bits per heavy atom. The smallest absolute Gasteiger partial charge is 0.341 e. The fraction of sp³-hybridized carbons (Fsp3) is 0.176. The maximum atomic E-state index is 12.3. The summed E-state index contributed by atoms with van der Waals surface area (Å²) in [6, 6.07) is 10.2. The van der Waals surface area contributed by atoms with Crippen LogP contribution < -0.4 is 5.32 Å². The number of pyridine rings is 1. The lowest BCUT2D eigenvalue weighted by Crippen LogP contribution is -2.30. The van der Waals surface area contributed by atoms with Gasteiger partial charge in [0.25, 0.3) is 5.91 Å². The second-order valence-electron chi connectivity index (χ2n) is 5.21. The largest absolute Gasteiger partial charge is 0.449 e. The third-order valence-electron chi connectivity index (χ3n) is 3.37. The molecule has 3 aromatic rings. The van der Waals surface area contributed by atoms with E-state index in [1.54, 1.807) is 30.3 Å². The van der Waals surface area contributed by atoms with E-state index in [1.807, 2.05) is 13.0 Å². The lowest BCUT2D eigenvalue weighted by molar-refractivity contribution is -0.123. The Labute approximate surface area is 137 Å². The van der Waals surface area contributed by atoms with E-state index in [0.717, 1.165) is 5.69 Å². The summed E-state index contributed by atoms with van der Waals surface area (Å²) in [4.78, 5) is 32.6. The molecule has 0 aliphatic heterocycles. The highest BCUT2D eigenvalue weighted by Gasteiger charge is 2.21. The Morgan fingerprint density at radius 2 is 2.00 bits per heavy atom. The maximum Gasteiger partial charge on any atom is 0.341 e. The zero-order valence-electron chi connectivity index (χ0n) is 13.1. The predicted molar refractivity (Wildman–Crippen MR) is 86.5 cm³/mol. The summed E-state index contributed by atoms with van der Waals surface area (Å²) in [5.41, 5.74) is 1.89. The van der Waals surface area contributed by atoms with E-state index >= 15 is 0 Å². The van der Waals surface area contributed by atoms with Crippen molar-refractivity contribution in [2.45, 2.75) is 20.0 Å². The Bertz CT molecular complexity index is 903. The summed E-state index contributed by atoms with van der Waals surface area (Å²) >= 11 is 0. The number of para-hydroxylation sites is 1. The van der Waals surface area contributed by atoms with E-state index in [4.69, 9.17) is 9.15 Å². The van der Waals surface area contributed by atoms with Gasteiger partial charge in [0.15, 0.2) is 18.1 Å². The molecule has 1 unspecified atom stereocenters. The minimum atomic E-state index is -0.984. The summed E-state index contributed by atoms with van der Waals surface area (Å²) in [6.45, 7) is 3.31. The summed E-state index contributed by atoms with van der Waals surface area (Å²) in [6.07, 6.45) is 0.267. The molecule has 1 atom stereocenters. The fourth-order valence-electron chi connectivity index (χ4n) is 2.17. The molecule has 3 rings (SSSR count). The van der Waals surface area contributed by atoms with Gasteiger partial charge in [-0.15, -0.1) is 0 Å². The van der Waals surface area contributed by atoms with Crippen LogP contribution in [0.25, 0.3) is 11.1 Å². The Morgan fingerprint density at radius 1 is 1.21 bits per heavy atom. The lowest BCUT2D eigenvalue weighted by Gasteiger charge is -2.13. The second-order valence-corrected chi connectivity index (χ2v) is 5.21. The minimum Gasteiger partial charge on any atom is -0.449 e. The van der Waals surface area contributed by atoms with Gasteiger partial charge in [0.2, 0.25) is 0 Å². The number of nitrogens with one attached hydrogen (secondary N) is 1. The van der Waals surface area contributed by atoms with E-state index < -0.39 is 18.0 Å². The quantitative estimate of drug-likeness (QED) is 0.741. The molecule has 1 N–H and O–H groups in total. The van der Waals surface area contributed by atoms with Crippen molar-refractivity contribution in [3.05, 3.63) is 54.0 Å². The molecule has 24 heavy (non-hydrogen) atoms. The molecule has 0 radical (unpaired) electrons. The first kappa shape index (κ1) is 15.7. The summed E-state index contributed by atoms with van der Waals surface area (Å²) in [7, 11) is 0. The number of oxazole rings is 1. The van der Waals surface area contributed by atoms with Crippen LogP contribution in [0.5, 0.6) is 0 Å². The topological polar surface area (TPSA) is 94.3 Å². The highest BCUT2D eigenvalue weighted by atomic mass is 16.5. The van der Waals surface area contributed by atoms with Crippen molar-refractivity contribution in [3.8, 4) is 0 Å². The van der Waals surface area contributed by atoms with Gasteiger partial charge in [0.05, 0.1) is 5.56 Å². The van der Waals surface area contributed by atoms with Crippen molar-refractivity contribution >= 4 is 28.8 Å². The third kappa shape index (κ3) is 3.24. The van der Waals surface area contributed by atoms with E-state index in [1.165, 1.54) is 13.3 Å². The van der Waals surface area contributed by atoms with Crippen molar-refractivity contribution in [1.82, 2.24) is 9.97 Å². The van der Waals surface area contributed by atoms with Crippen LogP contribution in [-0.2, 0) is 9.53 Å². The van der Waals surface area contributed by atoms with Crippen LogP contribution in [0.1, 0.15) is 23.0 Å². The number of hydrogen-bond acceptors (Lipinski definition) is 6. The number of rotatable bonds is 4. The first-order chi connectivity index (χ1) is 11.5. The predicted octanol–water partition coefficient (Wildman–Crippen LogP) is 2.72. The summed E-state index contributed by atoms with van der Waals surface area (Å²) in [5, 5.41) is 2.61. The average Bonchev–Trinajstić information content (AvgIpc) is 3.03. The molecule has 2 heterocycles. The molecule has 7 nitrogen and oxygen atoms in total. The number of ether oxygens (including phenoxy) is 1. The van der Waals surface area contributed by atoms with Crippen LogP contribution in [0.15, 0.2) is 47.2 Å². The molecular formula is C17H15N3O4. The van der Waals surface area contributed by atoms with Crippen LogP contribution >= 0.6 is 0 Å². The second kappa shape index (κ2) is 6.49. The van der Waals surface area contributed by atoms with Gasteiger partial charge in [-0.3, -0.25) is 4.79 Å². The van der Waals surface area contributed by atoms with E-state index in [-0.39, 0.29) is 5.56 Å². The van der Waals surface area contributed by atoms with Gasteiger partial charge >= 0.3 is 5.97 Å². The molecule has 1 aromatic carbocycles. The molecule has 0 aliphatic carbocycles. The molecular weight excluding hydrogens is 310 g/mol. The Balaban J connectivity index is 1.69. The number of carbonyl (C=O) groups is 2.